The van der Waals surface area contributed by atoms with Gasteiger partial charge >= 0.3 is 0 Å². The first kappa shape index (κ1) is 25.0. The van der Waals surface area contributed by atoms with Gasteiger partial charge in [-0.2, -0.15) is 9.78 Å². The predicted molar refractivity (Wildman–Crippen MR) is 139 cm³/mol. The molecular formula is C25H22BrN5O5. The van der Waals surface area contributed by atoms with Crippen molar-refractivity contribution in [2.24, 2.45) is 5.10 Å². The van der Waals surface area contributed by atoms with E-state index in [4.69, 9.17) is 14.5 Å². The van der Waals surface area contributed by atoms with Gasteiger partial charge in [-0.3, -0.25) is 14.9 Å². The quantitative estimate of drug-likeness (QED) is 0.177. The second-order valence-corrected chi connectivity index (χ2v) is 9.75. The van der Waals surface area contributed by atoms with Gasteiger partial charge in [0, 0.05) is 22.0 Å². The van der Waals surface area contributed by atoms with Gasteiger partial charge in [-0.1, -0.05) is 36.7 Å². The summed E-state index contributed by atoms with van der Waals surface area (Å²) in [5, 5.41) is 15.7. The van der Waals surface area contributed by atoms with Crippen molar-refractivity contribution < 1.29 is 14.4 Å². The van der Waals surface area contributed by atoms with Gasteiger partial charge in [0.05, 0.1) is 29.2 Å². The second-order valence-electron chi connectivity index (χ2n) is 8.83. The highest BCUT2D eigenvalue weighted by molar-refractivity contribution is 9.10. The molecule has 0 spiro atoms. The smallest absolute Gasteiger partial charge is 0.287 e. The van der Waals surface area contributed by atoms with Crippen molar-refractivity contribution in [3.63, 3.8) is 0 Å². The van der Waals surface area contributed by atoms with Gasteiger partial charge in [0.25, 0.3) is 11.2 Å². The Balaban J connectivity index is 1.69. The third-order valence-electron chi connectivity index (χ3n) is 5.14. The largest absolute Gasteiger partial charge is 0.493 e. The Morgan fingerprint density at radius 3 is 2.53 bits per heavy atom. The lowest BCUT2D eigenvalue weighted by atomic mass is 9.95. The van der Waals surface area contributed by atoms with E-state index in [1.807, 2.05) is 26.8 Å². The van der Waals surface area contributed by atoms with Crippen LogP contribution in [0, 0.1) is 10.1 Å². The molecule has 2 aromatic carbocycles. The van der Waals surface area contributed by atoms with Crippen LogP contribution in [0.4, 0.5) is 5.69 Å². The maximum Gasteiger partial charge on any atom is 0.287 e. The minimum absolute atomic E-state index is 0.138. The Kier molecular flexibility index (Phi) is 6.84. The molecular weight excluding hydrogens is 530 g/mol. The van der Waals surface area contributed by atoms with Crippen LogP contribution in [-0.2, 0) is 5.41 Å². The number of nitro groups is 1. The van der Waals surface area contributed by atoms with Crippen LogP contribution >= 0.6 is 15.9 Å². The van der Waals surface area contributed by atoms with Crippen LogP contribution in [0.15, 0.2) is 69.1 Å². The Morgan fingerprint density at radius 1 is 1.11 bits per heavy atom. The zero-order chi connectivity index (χ0) is 26.0. The topological polar surface area (TPSA) is 122 Å². The fourth-order valence-electron chi connectivity index (χ4n) is 3.37. The molecule has 2 aromatic heterocycles. The van der Waals surface area contributed by atoms with E-state index in [2.05, 4.69) is 26.0 Å². The normalized spacial score (nSPS) is 11.7. The summed E-state index contributed by atoms with van der Waals surface area (Å²) in [4.78, 5) is 32.2. The Labute approximate surface area is 214 Å². The predicted octanol–water partition coefficient (Wildman–Crippen LogP) is 5.44. The van der Waals surface area contributed by atoms with Crippen LogP contribution in [0.3, 0.4) is 0 Å². The Bertz CT molecular complexity index is 1540. The summed E-state index contributed by atoms with van der Waals surface area (Å²) in [6.45, 7) is 5.90. The van der Waals surface area contributed by atoms with Crippen LogP contribution in [0.25, 0.3) is 10.9 Å². The number of benzene rings is 2. The maximum absolute atomic E-state index is 13.3. The van der Waals surface area contributed by atoms with Crippen molar-refractivity contribution in [1.82, 2.24) is 14.6 Å². The number of hydrogen-bond donors (Lipinski definition) is 0. The van der Waals surface area contributed by atoms with Gasteiger partial charge in [-0.25, -0.2) is 9.97 Å². The van der Waals surface area contributed by atoms with Gasteiger partial charge in [-0.05, 0) is 42.0 Å². The number of ether oxygens (including phenoxy) is 2. The van der Waals surface area contributed by atoms with Gasteiger partial charge in [0.1, 0.15) is 12.0 Å². The van der Waals surface area contributed by atoms with Gasteiger partial charge in [0.2, 0.25) is 5.88 Å². The molecule has 0 saturated heterocycles. The molecule has 0 N–H and O–H groups in total. The molecule has 0 amide bonds. The number of rotatable bonds is 6. The number of halogens is 1. The lowest BCUT2D eigenvalue weighted by Gasteiger charge is -2.20. The molecule has 0 aliphatic heterocycles. The highest BCUT2D eigenvalue weighted by atomic mass is 79.9. The summed E-state index contributed by atoms with van der Waals surface area (Å²) in [5.41, 5.74) is 0.393. The van der Waals surface area contributed by atoms with Crippen LogP contribution < -0.4 is 15.0 Å². The molecule has 11 heteroatoms. The van der Waals surface area contributed by atoms with Crippen molar-refractivity contribution in [3.05, 3.63) is 91.1 Å². The fourth-order valence-corrected chi connectivity index (χ4v) is 3.73. The van der Waals surface area contributed by atoms with Crippen molar-refractivity contribution in [3.8, 4) is 17.4 Å². The molecule has 0 radical (unpaired) electrons. The average Bonchev–Trinajstić information content (AvgIpc) is 2.84. The standard InChI is InChI=1S/C25H22BrN5O5/c1-25(2,3)24-29-19-8-6-16(26)12-18(19)23(32)30(24)28-13-15-5-9-20(21(11-15)35-4)36-22-10-7-17(14-27-22)31(33)34/h5-14H,1-4H3. The summed E-state index contributed by atoms with van der Waals surface area (Å²) in [5.74, 6) is 1.45. The van der Waals surface area contributed by atoms with Gasteiger partial charge in [-0.15, -0.1) is 0 Å². The lowest BCUT2D eigenvalue weighted by Crippen LogP contribution is -2.29. The Hall–Kier alpha value is -4.12. The van der Waals surface area contributed by atoms with Crippen molar-refractivity contribution in [2.45, 2.75) is 26.2 Å². The molecule has 0 bridgehead atoms. The van der Waals surface area contributed by atoms with E-state index >= 15 is 0 Å². The molecule has 0 aliphatic rings. The van der Waals surface area contributed by atoms with E-state index in [1.54, 1.807) is 36.5 Å². The number of hydrogen-bond acceptors (Lipinski definition) is 8. The zero-order valence-electron chi connectivity index (χ0n) is 19.9. The summed E-state index contributed by atoms with van der Waals surface area (Å²) >= 11 is 3.41. The number of methoxy groups -OCH3 is 1. The third kappa shape index (κ3) is 5.25. The Morgan fingerprint density at radius 2 is 1.89 bits per heavy atom. The summed E-state index contributed by atoms with van der Waals surface area (Å²) in [7, 11) is 1.49. The fraction of sp³-hybridized carbons (Fsp3) is 0.200. The number of pyridine rings is 1. The summed E-state index contributed by atoms with van der Waals surface area (Å²) in [6, 6.07) is 13.2. The van der Waals surface area contributed by atoms with Gasteiger partial charge < -0.3 is 9.47 Å². The van der Waals surface area contributed by atoms with Crippen LogP contribution in [-0.4, -0.2) is 32.9 Å². The first-order valence-electron chi connectivity index (χ1n) is 10.8. The number of aromatic nitrogens is 3. The van der Waals surface area contributed by atoms with Crippen molar-refractivity contribution in [1.29, 1.82) is 0 Å². The van der Waals surface area contributed by atoms with Crippen LogP contribution in [0.5, 0.6) is 17.4 Å². The highest BCUT2D eigenvalue weighted by Gasteiger charge is 2.23. The maximum atomic E-state index is 13.3. The zero-order valence-corrected chi connectivity index (χ0v) is 21.5. The molecule has 0 unspecified atom stereocenters. The molecule has 10 nitrogen and oxygen atoms in total. The van der Waals surface area contributed by atoms with Crippen molar-refractivity contribution in [2.75, 3.05) is 7.11 Å². The lowest BCUT2D eigenvalue weighted by molar-refractivity contribution is -0.385. The molecule has 0 saturated carbocycles. The van der Waals surface area contributed by atoms with E-state index in [0.717, 1.165) is 10.7 Å². The van der Waals surface area contributed by atoms with E-state index < -0.39 is 10.3 Å². The minimum Gasteiger partial charge on any atom is -0.493 e. The summed E-state index contributed by atoms with van der Waals surface area (Å²) in [6.07, 6.45) is 2.65. The molecule has 4 aromatic rings. The molecule has 0 aliphatic carbocycles. The van der Waals surface area contributed by atoms with Crippen molar-refractivity contribution >= 4 is 38.7 Å². The van der Waals surface area contributed by atoms with E-state index in [9.17, 15) is 14.9 Å². The van der Waals surface area contributed by atoms with Gasteiger partial charge in [0.15, 0.2) is 11.5 Å². The van der Waals surface area contributed by atoms with E-state index in [1.165, 1.54) is 23.9 Å². The van der Waals surface area contributed by atoms with Crippen LogP contribution in [0.1, 0.15) is 32.2 Å². The van der Waals surface area contributed by atoms with E-state index in [-0.39, 0.29) is 17.1 Å². The molecule has 0 fully saturated rings. The SMILES string of the molecule is COc1cc(C=Nn2c(C(C)(C)C)nc3ccc(Br)cc3c2=O)ccc1Oc1ccc([N+](=O)[O-])cn1. The minimum atomic E-state index is -0.536. The molecule has 2 heterocycles. The monoisotopic (exact) mass is 551 g/mol. The average molecular weight is 552 g/mol. The molecule has 4 rings (SSSR count). The highest BCUT2D eigenvalue weighted by Crippen LogP contribution is 2.32. The second kappa shape index (κ2) is 9.86. The van der Waals surface area contributed by atoms with E-state index in [0.29, 0.717) is 33.8 Å². The summed E-state index contributed by atoms with van der Waals surface area (Å²) < 4.78 is 13.2. The first-order chi connectivity index (χ1) is 17.1. The van der Waals surface area contributed by atoms with Crippen LogP contribution in [0.2, 0.25) is 0 Å². The molecule has 184 valence electrons. The third-order valence-corrected chi connectivity index (χ3v) is 5.63. The molecule has 0 atom stereocenters. The number of nitrogens with zero attached hydrogens (tertiary/aromatic N) is 5. The first-order valence-corrected chi connectivity index (χ1v) is 11.6. The number of fused-ring (bicyclic) bond motifs is 1. The molecule has 36 heavy (non-hydrogen) atoms.